The van der Waals surface area contributed by atoms with Gasteiger partial charge in [0.15, 0.2) is 23.0 Å². The largest absolute Gasteiger partial charge is 0.478 e. The highest BCUT2D eigenvalue weighted by atomic mass is 19.2. The van der Waals surface area contributed by atoms with E-state index in [1.165, 1.54) is 31.5 Å². The summed E-state index contributed by atoms with van der Waals surface area (Å²) < 4.78 is 36.3. The summed E-state index contributed by atoms with van der Waals surface area (Å²) in [6.07, 6.45) is 10.3. The van der Waals surface area contributed by atoms with E-state index in [0.29, 0.717) is 54.5 Å². The van der Waals surface area contributed by atoms with E-state index in [2.05, 4.69) is 37.2 Å². The molecule has 0 aliphatic carbocycles. The van der Waals surface area contributed by atoms with Gasteiger partial charge in [-0.1, -0.05) is 12.8 Å². The first-order valence-corrected chi connectivity index (χ1v) is 13.8. The van der Waals surface area contributed by atoms with Crippen LogP contribution in [0.1, 0.15) is 36.7 Å². The van der Waals surface area contributed by atoms with Crippen LogP contribution < -0.4 is 26.0 Å². The Morgan fingerprint density at radius 3 is 2.70 bits per heavy atom. The number of ether oxygens (including phenoxy) is 1. The molecule has 10 nitrogen and oxygen atoms in total. The van der Waals surface area contributed by atoms with Crippen LogP contribution in [-0.2, 0) is 11.2 Å². The average molecular weight is 590 g/mol. The van der Waals surface area contributed by atoms with E-state index >= 15 is 0 Å². The van der Waals surface area contributed by atoms with Crippen LogP contribution in [0.2, 0.25) is 0 Å². The van der Waals surface area contributed by atoms with E-state index in [1.54, 1.807) is 22.7 Å². The van der Waals surface area contributed by atoms with Crippen LogP contribution in [-0.4, -0.2) is 58.5 Å². The van der Waals surface area contributed by atoms with Gasteiger partial charge in [-0.05, 0) is 49.2 Å². The van der Waals surface area contributed by atoms with Crippen molar-refractivity contribution in [2.75, 3.05) is 31.6 Å². The Balaban J connectivity index is 1.49. The maximum Gasteiger partial charge on any atom is 0.251 e. The number of hydrogen-bond donors (Lipinski definition) is 4. The molecule has 0 fully saturated rings. The number of hydrogen-bond acceptors (Lipinski definition) is 7. The Bertz CT molecular complexity index is 1670. The third kappa shape index (κ3) is 7.44. The van der Waals surface area contributed by atoms with Crippen molar-refractivity contribution >= 4 is 29.0 Å². The first-order chi connectivity index (χ1) is 20.7. The number of nitrogens with one attached hydrogen (secondary N) is 4. The van der Waals surface area contributed by atoms with Gasteiger partial charge in [0.2, 0.25) is 11.7 Å². The van der Waals surface area contributed by atoms with Crippen molar-refractivity contribution in [3.8, 4) is 29.4 Å². The lowest BCUT2D eigenvalue weighted by molar-refractivity contribution is -0.118. The van der Waals surface area contributed by atoms with Crippen molar-refractivity contribution in [3.63, 3.8) is 0 Å². The molecule has 2 aromatic heterocycles. The molecule has 0 unspecified atom stereocenters. The van der Waals surface area contributed by atoms with Crippen molar-refractivity contribution < 1.29 is 23.1 Å². The van der Waals surface area contributed by atoms with E-state index in [1.807, 2.05) is 19.9 Å². The van der Waals surface area contributed by atoms with Gasteiger partial charge < -0.3 is 26.0 Å². The molecule has 2 amide bonds. The molecule has 0 saturated carbocycles. The average Bonchev–Trinajstić information content (AvgIpc) is 3.42. The summed E-state index contributed by atoms with van der Waals surface area (Å²) in [7, 11) is 0. The number of amides is 2. The molecular weight excluding hydrogens is 556 g/mol. The number of nitrogens with zero attached hydrogens (tertiary/aromatic N) is 3. The Kier molecular flexibility index (Phi) is 10.2. The number of aryl methyl sites for hydroxylation is 1. The number of imidazole rings is 1. The topological polar surface area (TPSA) is 122 Å². The minimum Gasteiger partial charge on any atom is -0.478 e. The second-order valence-corrected chi connectivity index (χ2v) is 9.76. The van der Waals surface area contributed by atoms with Gasteiger partial charge in [-0.25, -0.2) is 14.4 Å². The first-order valence-electron chi connectivity index (χ1n) is 13.8. The number of fused-ring (bicyclic) bond motifs is 1. The molecule has 4 aromatic rings. The number of aromatic nitrogens is 3. The van der Waals surface area contributed by atoms with Crippen molar-refractivity contribution in [1.82, 2.24) is 30.3 Å². The fraction of sp³-hybridized carbons (Fsp3) is 0.290. The summed E-state index contributed by atoms with van der Waals surface area (Å²) in [4.78, 5) is 32.8. The van der Waals surface area contributed by atoms with Crippen molar-refractivity contribution in [2.24, 2.45) is 0 Å². The number of halogens is 2. The fourth-order valence-corrected chi connectivity index (χ4v) is 4.49. The number of benzene rings is 2. The molecule has 0 bridgehead atoms. The van der Waals surface area contributed by atoms with Gasteiger partial charge in [-0.2, -0.15) is 4.39 Å². The van der Waals surface area contributed by atoms with E-state index in [4.69, 9.17) is 11.2 Å². The zero-order chi connectivity index (χ0) is 30.9. The van der Waals surface area contributed by atoms with Crippen molar-refractivity contribution in [2.45, 2.75) is 33.2 Å². The molecule has 0 radical (unpaired) electrons. The zero-order valence-corrected chi connectivity index (χ0v) is 24.1. The van der Waals surface area contributed by atoms with Crippen LogP contribution in [0, 0.1) is 24.0 Å². The molecule has 224 valence electrons. The third-order valence-corrected chi connectivity index (χ3v) is 6.56. The number of terminal acetylenes is 1. The molecule has 0 aliphatic rings. The van der Waals surface area contributed by atoms with Gasteiger partial charge in [0.05, 0.1) is 11.9 Å². The predicted octanol–water partition coefficient (Wildman–Crippen LogP) is 3.84. The minimum absolute atomic E-state index is 0.00371. The molecule has 4 rings (SSSR count). The van der Waals surface area contributed by atoms with Crippen LogP contribution in [0.15, 0.2) is 48.9 Å². The lowest BCUT2D eigenvalue weighted by Crippen LogP contribution is -2.42. The number of rotatable bonds is 13. The molecule has 1 atom stereocenters. The smallest absolute Gasteiger partial charge is 0.251 e. The van der Waals surface area contributed by atoms with E-state index in [-0.39, 0.29) is 35.8 Å². The van der Waals surface area contributed by atoms with Crippen molar-refractivity contribution in [3.05, 3.63) is 71.7 Å². The predicted molar refractivity (Wildman–Crippen MR) is 160 cm³/mol. The molecule has 0 spiro atoms. The fourth-order valence-electron chi connectivity index (χ4n) is 4.49. The summed E-state index contributed by atoms with van der Waals surface area (Å²) in [6.45, 7) is 6.80. The molecule has 4 N–H and O–H groups in total. The second kappa shape index (κ2) is 14.2. The van der Waals surface area contributed by atoms with Crippen LogP contribution >= 0.6 is 0 Å². The quantitative estimate of drug-likeness (QED) is 0.138. The molecule has 0 saturated heterocycles. The maximum atomic E-state index is 15.0. The van der Waals surface area contributed by atoms with Gasteiger partial charge in [-0.3, -0.25) is 14.0 Å². The normalized spacial score (nSPS) is 11.5. The van der Waals surface area contributed by atoms with E-state index in [0.717, 1.165) is 5.56 Å². The van der Waals surface area contributed by atoms with Gasteiger partial charge in [0, 0.05) is 61.8 Å². The highest BCUT2D eigenvalue weighted by Gasteiger charge is 2.20. The molecule has 0 aliphatic heterocycles. The third-order valence-electron chi connectivity index (χ3n) is 6.56. The standard InChI is InChI=1S/C31H33F2N7O3/c1-5-15-43-26-10-9-24(27(32)28(26)33)25-18-37-30-29(36-13-14-40(25)30)39-22-7-8-23(21(6-2)16-22)31(42)38-19(3)17-34-11-12-35-20(4)41/h1,7-10,13-14,16,18-19,34H,6,11-12,15,17H2,2-4H3,(H,35,41)(H,36,39)(H,38,42)/t19-/m0/s1. The van der Waals surface area contributed by atoms with Gasteiger partial charge >= 0.3 is 0 Å². The number of anilines is 2. The monoisotopic (exact) mass is 589 g/mol. The summed E-state index contributed by atoms with van der Waals surface area (Å²) in [5.74, 6) is -0.165. The minimum atomic E-state index is -1.14. The Hall–Kier alpha value is -5.02. The lowest BCUT2D eigenvalue weighted by atomic mass is 10.0. The number of carbonyl (C=O) groups excluding carboxylic acids is 2. The van der Waals surface area contributed by atoms with Crippen LogP contribution in [0.25, 0.3) is 16.9 Å². The Morgan fingerprint density at radius 1 is 1.14 bits per heavy atom. The SMILES string of the molecule is C#CCOc1ccc(-c2cnc3c(Nc4ccc(C(=O)N[C@@H](C)CNCCNC(C)=O)c(CC)c4)nccn23)c(F)c1F. The zero-order valence-electron chi connectivity index (χ0n) is 24.1. The van der Waals surface area contributed by atoms with Gasteiger partial charge in [0.25, 0.3) is 5.91 Å². The summed E-state index contributed by atoms with van der Waals surface area (Å²) in [6, 6.07) is 7.97. The molecule has 2 aromatic carbocycles. The highest BCUT2D eigenvalue weighted by molar-refractivity contribution is 5.96. The van der Waals surface area contributed by atoms with E-state index < -0.39 is 11.6 Å². The second-order valence-electron chi connectivity index (χ2n) is 9.76. The molecule has 2 heterocycles. The molecular formula is C31H33F2N7O3. The van der Waals surface area contributed by atoms with Crippen LogP contribution in [0.4, 0.5) is 20.3 Å². The van der Waals surface area contributed by atoms with Crippen molar-refractivity contribution in [1.29, 1.82) is 0 Å². The van der Waals surface area contributed by atoms with Crippen LogP contribution in [0.3, 0.4) is 0 Å². The van der Waals surface area contributed by atoms with Gasteiger partial charge in [-0.15, -0.1) is 6.42 Å². The number of carbonyl (C=O) groups is 2. The summed E-state index contributed by atoms with van der Waals surface area (Å²) >= 11 is 0. The van der Waals surface area contributed by atoms with E-state index in [9.17, 15) is 18.4 Å². The van der Waals surface area contributed by atoms with Crippen LogP contribution in [0.5, 0.6) is 5.75 Å². The van der Waals surface area contributed by atoms with Gasteiger partial charge in [0.1, 0.15) is 6.61 Å². The molecule has 12 heteroatoms. The molecule has 43 heavy (non-hydrogen) atoms. The first kappa shape index (κ1) is 30.9. The Labute approximate surface area is 248 Å². The maximum absolute atomic E-state index is 15.0. The Morgan fingerprint density at radius 2 is 1.95 bits per heavy atom. The lowest BCUT2D eigenvalue weighted by Gasteiger charge is -2.17. The summed E-state index contributed by atoms with van der Waals surface area (Å²) in [5.41, 5.74) is 2.77. The highest BCUT2D eigenvalue weighted by Crippen LogP contribution is 2.32. The summed E-state index contributed by atoms with van der Waals surface area (Å²) in [5, 5.41) is 12.1.